The number of nitrogens with zero attached hydrogens (tertiary/aromatic N) is 4. The van der Waals surface area contributed by atoms with Crippen LogP contribution in [-0.2, 0) is 23.1 Å². The summed E-state index contributed by atoms with van der Waals surface area (Å²) < 4.78 is 9.08. The number of hydrogen-bond donors (Lipinski definition) is 1. The molecule has 21 heavy (non-hydrogen) atoms. The van der Waals surface area contributed by atoms with Crippen LogP contribution in [0.2, 0.25) is 0 Å². The molecular weight excluding hydrogens is 278 g/mol. The van der Waals surface area contributed by atoms with Gasteiger partial charge in [-0.3, -0.25) is 23.5 Å². The van der Waals surface area contributed by atoms with E-state index in [2.05, 4.69) is 14.7 Å². The molecule has 1 N–H and O–H groups in total. The number of rotatable bonds is 2. The number of carbonyl (C=O) groups is 1. The summed E-state index contributed by atoms with van der Waals surface area (Å²) in [4.78, 5) is 41.6. The van der Waals surface area contributed by atoms with Gasteiger partial charge in [0.25, 0.3) is 5.56 Å². The molecule has 3 rings (SSSR count). The molecule has 0 amide bonds. The number of ether oxygens (including phenoxy) is 1. The molecule has 0 spiro atoms. The average molecular weight is 291 g/mol. The predicted octanol–water partition coefficient (Wildman–Crippen LogP) is -0.843. The highest BCUT2D eigenvalue weighted by Crippen LogP contribution is 2.15. The number of carbonyl (C=O) groups excluding carboxylic acids is 1. The van der Waals surface area contributed by atoms with Crippen molar-refractivity contribution in [3.63, 3.8) is 0 Å². The van der Waals surface area contributed by atoms with Crippen LogP contribution >= 0.6 is 0 Å². The van der Waals surface area contributed by atoms with Gasteiger partial charge in [0.15, 0.2) is 11.2 Å². The monoisotopic (exact) mass is 291 g/mol. The van der Waals surface area contributed by atoms with E-state index in [0.29, 0.717) is 5.78 Å². The zero-order valence-electron chi connectivity index (χ0n) is 11.7. The van der Waals surface area contributed by atoms with Crippen LogP contribution in [0.4, 0.5) is 0 Å². The third-order valence-electron chi connectivity index (χ3n) is 3.43. The van der Waals surface area contributed by atoms with E-state index in [9.17, 15) is 14.4 Å². The van der Waals surface area contributed by atoms with E-state index in [-0.39, 0.29) is 17.7 Å². The van der Waals surface area contributed by atoms with Crippen molar-refractivity contribution in [2.24, 2.45) is 7.05 Å². The number of methoxy groups -OCH3 is 1. The van der Waals surface area contributed by atoms with E-state index >= 15 is 0 Å². The Kier molecular flexibility index (Phi) is 2.71. The Balaban J connectivity index is 2.41. The molecule has 0 aliphatic rings. The molecule has 0 unspecified atom stereocenters. The van der Waals surface area contributed by atoms with Gasteiger partial charge < -0.3 is 9.30 Å². The highest BCUT2D eigenvalue weighted by molar-refractivity contribution is 5.76. The molecule has 3 heterocycles. The molecule has 0 fully saturated rings. The fourth-order valence-electron chi connectivity index (χ4n) is 2.31. The largest absolute Gasteiger partial charge is 0.468 e. The first-order valence-electron chi connectivity index (χ1n) is 6.18. The van der Waals surface area contributed by atoms with E-state index in [0.717, 1.165) is 5.69 Å². The number of H-pyrrole nitrogens is 1. The number of fused-ring (bicyclic) bond motifs is 3. The molecule has 110 valence electrons. The van der Waals surface area contributed by atoms with Crippen molar-refractivity contribution in [1.82, 2.24) is 23.5 Å². The summed E-state index contributed by atoms with van der Waals surface area (Å²) in [6.45, 7) is 1.77. The lowest BCUT2D eigenvalue weighted by Gasteiger charge is -2.03. The van der Waals surface area contributed by atoms with E-state index in [1.165, 1.54) is 18.7 Å². The molecule has 0 saturated carbocycles. The maximum Gasteiger partial charge on any atom is 0.329 e. The Bertz CT molecular complexity index is 987. The Hall–Kier alpha value is -2.84. The molecule has 0 saturated heterocycles. The van der Waals surface area contributed by atoms with Crippen LogP contribution in [0, 0.1) is 6.92 Å². The van der Waals surface area contributed by atoms with Gasteiger partial charge in [-0.15, -0.1) is 0 Å². The number of aryl methyl sites for hydroxylation is 2. The molecule has 0 aliphatic carbocycles. The molecular formula is C12H13N5O4. The molecule has 3 aromatic heterocycles. The van der Waals surface area contributed by atoms with E-state index < -0.39 is 17.2 Å². The van der Waals surface area contributed by atoms with E-state index in [4.69, 9.17) is 0 Å². The summed E-state index contributed by atoms with van der Waals surface area (Å²) in [6, 6.07) is 0. The second kappa shape index (κ2) is 4.33. The molecule has 0 aliphatic heterocycles. The van der Waals surface area contributed by atoms with Gasteiger partial charge in [0, 0.05) is 18.9 Å². The van der Waals surface area contributed by atoms with Crippen LogP contribution in [0.5, 0.6) is 0 Å². The summed E-state index contributed by atoms with van der Waals surface area (Å²) in [7, 11) is 2.82. The SMILES string of the molecule is COC(=O)Cn1c(C)cn2c3c(=O)[nH]c(=O)n(C)c3nc12. The predicted molar refractivity (Wildman–Crippen MR) is 73.3 cm³/mol. The van der Waals surface area contributed by atoms with Crippen LogP contribution < -0.4 is 11.2 Å². The Morgan fingerprint density at radius 3 is 2.81 bits per heavy atom. The summed E-state index contributed by atoms with van der Waals surface area (Å²) in [5, 5.41) is 0. The standard InChI is InChI=1S/C12H13N5O4/c1-6-4-17-8-9(15(2)12(20)14-10(8)19)13-11(17)16(6)5-7(18)21-3/h4H,5H2,1-3H3,(H,14,19,20). The van der Waals surface area contributed by atoms with Gasteiger partial charge in [-0.2, -0.15) is 4.98 Å². The minimum atomic E-state index is -0.538. The Morgan fingerprint density at radius 1 is 1.43 bits per heavy atom. The molecule has 3 aromatic rings. The van der Waals surface area contributed by atoms with Gasteiger partial charge in [-0.1, -0.05) is 0 Å². The molecule has 9 heteroatoms. The van der Waals surface area contributed by atoms with Crippen LogP contribution in [0.25, 0.3) is 16.9 Å². The third-order valence-corrected chi connectivity index (χ3v) is 3.43. The average Bonchev–Trinajstić information content (AvgIpc) is 2.93. The normalized spacial score (nSPS) is 11.4. The van der Waals surface area contributed by atoms with Crippen molar-refractivity contribution < 1.29 is 9.53 Å². The quantitative estimate of drug-likeness (QED) is 0.620. The summed E-state index contributed by atoms with van der Waals surface area (Å²) >= 11 is 0. The smallest absolute Gasteiger partial charge is 0.329 e. The Morgan fingerprint density at radius 2 is 2.14 bits per heavy atom. The number of esters is 1. The van der Waals surface area contributed by atoms with Gasteiger partial charge in [0.05, 0.1) is 7.11 Å². The van der Waals surface area contributed by atoms with Crippen molar-refractivity contribution >= 4 is 22.9 Å². The van der Waals surface area contributed by atoms with Crippen molar-refractivity contribution in [3.05, 3.63) is 32.7 Å². The van der Waals surface area contributed by atoms with Crippen LogP contribution in [0.1, 0.15) is 5.69 Å². The van der Waals surface area contributed by atoms with Gasteiger partial charge in [-0.25, -0.2) is 4.79 Å². The first kappa shape index (κ1) is 13.2. The lowest BCUT2D eigenvalue weighted by atomic mass is 10.5. The molecule has 0 radical (unpaired) electrons. The van der Waals surface area contributed by atoms with Crippen molar-refractivity contribution in [1.29, 1.82) is 0 Å². The van der Waals surface area contributed by atoms with Crippen molar-refractivity contribution in [2.75, 3.05) is 7.11 Å². The fourth-order valence-corrected chi connectivity index (χ4v) is 2.31. The van der Waals surface area contributed by atoms with Crippen molar-refractivity contribution in [3.8, 4) is 0 Å². The maximum atomic E-state index is 12.0. The van der Waals surface area contributed by atoms with E-state index in [1.807, 2.05) is 0 Å². The zero-order valence-corrected chi connectivity index (χ0v) is 11.7. The minimum Gasteiger partial charge on any atom is -0.468 e. The molecule has 0 atom stereocenters. The number of aromatic nitrogens is 5. The second-order valence-electron chi connectivity index (χ2n) is 4.71. The number of imidazole rings is 2. The summed E-state index contributed by atoms with van der Waals surface area (Å²) in [5.74, 6) is -0.0225. The number of nitrogens with one attached hydrogen (secondary N) is 1. The number of hydrogen-bond acceptors (Lipinski definition) is 5. The topological polar surface area (TPSA) is 103 Å². The molecule has 0 aromatic carbocycles. The molecule has 0 bridgehead atoms. The summed E-state index contributed by atoms with van der Waals surface area (Å²) in [5.41, 5.74) is 0.217. The first-order chi connectivity index (χ1) is 9.93. The zero-order chi connectivity index (χ0) is 15.3. The molecule has 9 nitrogen and oxygen atoms in total. The second-order valence-corrected chi connectivity index (χ2v) is 4.71. The fraction of sp³-hybridized carbons (Fsp3) is 0.333. The highest BCUT2D eigenvalue weighted by Gasteiger charge is 2.18. The highest BCUT2D eigenvalue weighted by atomic mass is 16.5. The van der Waals surface area contributed by atoms with Gasteiger partial charge in [0.1, 0.15) is 6.54 Å². The van der Waals surface area contributed by atoms with Crippen LogP contribution in [-0.4, -0.2) is 36.6 Å². The Labute approximate surface area is 117 Å². The third kappa shape index (κ3) is 1.77. The van der Waals surface area contributed by atoms with Crippen LogP contribution in [0.3, 0.4) is 0 Å². The van der Waals surface area contributed by atoms with Crippen LogP contribution in [0.15, 0.2) is 15.8 Å². The lowest BCUT2D eigenvalue weighted by Crippen LogP contribution is -2.28. The van der Waals surface area contributed by atoms with Gasteiger partial charge in [-0.05, 0) is 6.92 Å². The maximum absolute atomic E-state index is 12.0. The first-order valence-corrected chi connectivity index (χ1v) is 6.18. The lowest BCUT2D eigenvalue weighted by molar-refractivity contribution is -0.141. The summed E-state index contributed by atoms with van der Waals surface area (Å²) in [6.07, 6.45) is 1.69. The number of aromatic amines is 1. The minimum absolute atomic E-state index is 0.0198. The van der Waals surface area contributed by atoms with Gasteiger partial charge >= 0.3 is 11.7 Å². The van der Waals surface area contributed by atoms with E-state index in [1.54, 1.807) is 22.1 Å². The van der Waals surface area contributed by atoms with Crippen molar-refractivity contribution in [2.45, 2.75) is 13.5 Å². The van der Waals surface area contributed by atoms with Gasteiger partial charge in [0.2, 0.25) is 5.78 Å².